The molecule has 0 amide bonds. The van der Waals surface area contributed by atoms with Gasteiger partial charge in [0.15, 0.2) is 11.2 Å². The highest BCUT2D eigenvalue weighted by atomic mass is 35.5. The fourth-order valence-electron chi connectivity index (χ4n) is 2.40. The Morgan fingerprint density at radius 1 is 0.958 bits per heavy atom. The Labute approximate surface area is 141 Å². The van der Waals surface area contributed by atoms with Gasteiger partial charge in [-0.25, -0.2) is 9.97 Å². The predicted octanol–water partition coefficient (Wildman–Crippen LogP) is 3.09. The molecule has 0 aliphatic carbocycles. The SMILES string of the molecule is O=C(c1ccc(Cl)cc1)c1ncnc2c1nnn2-c1ccccc1. The Morgan fingerprint density at radius 3 is 2.46 bits per heavy atom. The number of nitrogens with zero attached hydrogens (tertiary/aromatic N) is 5. The smallest absolute Gasteiger partial charge is 0.213 e. The number of aromatic nitrogens is 5. The minimum Gasteiger partial charge on any atom is -0.287 e. The predicted molar refractivity (Wildman–Crippen MR) is 89.3 cm³/mol. The molecule has 2 heterocycles. The molecular formula is C17H10ClN5O. The van der Waals surface area contributed by atoms with Gasteiger partial charge < -0.3 is 0 Å². The minimum atomic E-state index is -0.251. The van der Waals surface area contributed by atoms with E-state index in [1.165, 1.54) is 6.33 Å². The van der Waals surface area contributed by atoms with Crippen molar-refractivity contribution in [3.8, 4) is 5.69 Å². The Balaban J connectivity index is 1.84. The maximum absolute atomic E-state index is 12.7. The lowest BCUT2D eigenvalue weighted by atomic mass is 10.1. The van der Waals surface area contributed by atoms with Crippen LogP contribution in [0.1, 0.15) is 16.1 Å². The summed E-state index contributed by atoms with van der Waals surface area (Å²) in [7, 11) is 0. The van der Waals surface area contributed by atoms with E-state index in [0.29, 0.717) is 21.7 Å². The topological polar surface area (TPSA) is 73.6 Å². The standard InChI is InChI=1S/C17H10ClN5O/c18-12-8-6-11(7-9-12)16(24)14-15-17(20-10-19-14)23(22-21-15)13-4-2-1-3-5-13/h1-10H. The maximum Gasteiger partial charge on any atom is 0.213 e. The van der Waals surface area contributed by atoms with Gasteiger partial charge in [-0.3, -0.25) is 4.79 Å². The molecule has 0 saturated carbocycles. The van der Waals surface area contributed by atoms with Gasteiger partial charge in [0.1, 0.15) is 12.0 Å². The van der Waals surface area contributed by atoms with Crippen molar-refractivity contribution in [3.63, 3.8) is 0 Å². The van der Waals surface area contributed by atoms with Crippen LogP contribution in [-0.2, 0) is 0 Å². The van der Waals surface area contributed by atoms with Crippen molar-refractivity contribution in [2.45, 2.75) is 0 Å². The summed E-state index contributed by atoms with van der Waals surface area (Å²) in [5.41, 5.74) is 2.34. The summed E-state index contributed by atoms with van der Waals surface area (Å²) in [5.74, 6) is -0.251. The molecule has 2 aromatic heterocycles. The fourth-order valence-corrected chi connectivity index (χ4v) is 2.52. The summed E-state index contributed by atoms with van der Waals surface area (Å²) < 4.78 is 1.58. The van der Waals surface area contributed by atoms with Crippen LogP contribution in [0.5, 0.6) is 0 Å². The van der Waals surface area contributed by atoms with Crippen molar-refractivity contribution in [1.82, 2.24) is 25.0 Å². The summed E-state index contributed by atoms with van der Waals surface area (Å²) in [6.45, 7) is 0. The monoisotopic (exact) mass is 335 g/mol. The normalized spacial score (nSPS) is 10.9. The van der Waals surface area contributed by atoms with E-state index in [1.807, 2.05) is 30.3 Å². The van der Waals surface area contributed by atoms with Crippen LogP contribution in [0, 0.1) is 0 Å². The van der Waals surface area contributed by atoms with Crippen molar-refractivity contribution in [1.29, 1.82) is 0 Å². The molecule has 0 N–H and O–H groups in total. The molecule has 24 heavy (non-hydrogen) atoms. The van der Waals surface area contributed by atoms with Crippen LogP contribution in [0.3, 0.4) is 0 Å². The second-order valence-electron chi connectivity index (χ2n) is 5.07. The number of halogens is 1. The van der Waals surface area contributed by atoms with Gasteiger partial charge in [0.2, 0.25) is 5.78 Å². The second-order valence-corrected chi connectivity index (χ2v) is 5.50. The van der Waals surface area contributed by atoms with Gasteiger partial charge in [-0.15, -0.1) is 5.10 Å². The van der Waals surface area contributed by atoms with Crippen LogP contribution in [0.15, 0.2) is 60.9 Å². The van der Waals surface area contributed by atoms with Gasteiger partial charge in [-0.1, -0.05) is 35.0 Å². The van der Waals surface area contributed by atoms with E-state index in [2.05, 4.69) is 20.3 Å². The third-order valence-electron chi connectivity index (χ3n) is 3.56. The van der Waals surface area contributed by atoms with Crippen LogP contribution in [0.2, 0.25) is 5.02 Å². The Morgan fingerprint density at radius 2 is 1.71 bits per heavy atom. The van der Waals surface area contributed by atoms with Crippen molar-refractivity contribution < 1.29 is 4.79 Å². The molecule has 2 aromatic carbocycles. The average molecular weight is 336 g/mol. The minimum absolute atomic E-state index is 0.213. The highest BCUT2D eigenvalue weighted by molar-refractivity contribution is 6.30. The van der Waals surface area contributed by atoms with Gasteiger partial charge in [0.05, 0.1) is 5.69 Å². The van der Waals surface area contributed by atoms with Crippen LogP contribution < -0.4 is 0 Å². The van der Waals surface area contributed by atoms with E-state index in [9.17, 15) is 4.79 Å². The molecule has 0 unspecified atom stereocenters. The maximum atomic E-state index is 12.7. The van der Waals surface area contributed by atoms with Crippen molar-refractivity contribution in [2.24, 2.45) is 0 Å². The van der Waals surface area contributed by atoms with E-state index in [1.54, 1.807) is 28.9 Å². The first-order valence-electron chi connectivity index (χ1n) is 7.16. The Hall–Kier alpha value is -3.12. The first-order chi connectivity index (χ1) is 11.7. The average Bonchev–Trinajstić information content (AvgIpc) is 3.06. The summed E-state index contributed by atoms with van der Waals surface area (Å²) in [4.78, 5) is 21.0. The molecule has 4 rings (SSSR count). The number of hydrogen-bond acceptors (Lipinski definition) is 5. The van der Waals surface area contributed by atoms with E-state index in [-0.39, 0.29) is 11.5 Å². The van der Waals surface area contributed by atoms with Gasteiger partial charge in [-0.2, -0.15) is 4.68 Å². The van der Waals surface area contributed by atoms with E-state index in [0.717, 1.165) is 5.69 Å². The highest BCUT2D eigenvalue weighted by Gasteiger charge is 2.19. The first kappa shape index (κ1) is 14.5. The van der Waals surface area contributed by atoms with Crippen LogP contribution in [0.4, 0.5) is 0 Å². The van der Waals surface area contributed by atoms with Gasteiger partial charge >= 0.3 is 0 Å². The zero-order valence-corrected chi connectivity index (χ0v) is 13.1. The summed E-state index contributed by atoms with van der Waals surface area (Å²) in [6.07, 6.45) is 1.34. The molecule has 0 saturated heterocycles. The largest absolute Gasteiger partial charge is 0.287 e. The number of benzene rings is 2. The molecular weight excluding hydrogens is 326 g/mol. The number of hydrogen-bond donors (Lipinski definition) is 0. The summed E-state index contributed by atoms with van der Waals surface area (Å²) >= 11 is 5.87. The lowest BCUT2D eigenvalue weighted by Gasteiger charge is -2.02. The van der Waals surface area contributed by atoms with Crippen molar-refractivity contribution in [3.05, 3.63) is 77.2 Å². The van der Waals surface area contributed by atoms with E-state index >= 15 is 0 Å². The Kier molecular flexibility index (Phi) is 3.51. The number of rotatable bonds is 3. The zero-order valence-electron chi connectivity index (χ0n) is 12.3. The number of para-hydroxylation sites is 1. The van der Waals surface area contributed by atoms with E-state index in [4.69, 9.17) is 11.6 Å². The molecule has 0 aliphatic rings. The lowest BCUT2D eigenvalue weighted by Crippen LogP contribution is -2.06. The van der Waals surface area contributed by atoms with Crippen LogP contribution in [-0.4, -0.2) is 30.7 Å². The van der Waals surface area contributed by atoms with Crippen molar-refractivity contribution >= 4 is 28.5 Å². The van der Waals surface area contributed by atoms with Gasteiger partial charge in [0.25, 0.3) is 0 Å². The van der Waals surface area contributed by atoms with Crippen LogP contribution >= 0.6 is 11.6 Å². The molecule has 0 spiro atoms. The molecule has 0 aliphatic heterocycles. The molecule has 0 atom stereocenters. The molecule has 7 heteroatoms. The molecule has 6 nitrogen and oxygen atoms in total. The van der Waals surface area contributed by atoms with Crippen LogP contribution in [0.25, 0.3) is 16.9 Å². The molecule has 0 fully saturated rings. The third-order valence-corrected chi connectivity index (χ3v) is 3.81. The summed E-state index contributed by atoms with van der Waals surface area (Å²) in [6, 6.07) is 16.1. The quantitative estimate of drug-likeness (QED) is 0.538. The third kappa shape index (κ3) is 2.43. The van der Waals surface area contributed by atoms with Gasteiger partial charge in [-0.05, 0) is 36.4 Å². The number of carbonyl (C=O) groups is 1. The highest BCUT2D eigenvalue weighted by Crippen LogP contribution is 2.19. The molecule has 0 bridgehead atoms. The zero-order chi connectivity index (χ0) is 16.5. The number of fused-ring (bicyclic) bond motifs is 1. The number of carbonyl (C=O) groups excluding carboxylic acids is 1. The first-order valence-corrected chi connectivity index (χ1v) is 7.54. The summed E-state index contributed by atoms with van der Waals surface area (Å²) in [5, 5.41) is 8.77. The number of ketones is 1. The molecule has 4 aromatic rings. The Bertz CT molecular complexity index is 1030. The molecule has 0 radical (unpaired) electrons. The van der Waals surface area contributed by atoms with Crippen molar-refractivity contribution in [2.75, 3.05) is 0 Å². The second kappa shape index (κ2) is 5.82. The fraction of sp³-hybridized carbons (Fsp3) is 0. The molecule has 116 valence electrons. The van der Waals surface area contributed by atoms with Gasteiger partial charge in [0, 0.05) is 10.6 Å². The lowest BCUT2D eigenvalue weighted by molar-refractivity contribution is 0.103. The van der Waals surface area contributed by atoms with E-state index < -0.39 is 0 Å².